The van der Waals surface area contributed by atoms with Crippen LogP contribution in [0, 0.1) is 5.92 Å². The third kappa shape index (κ3) is 3.75. The zero-order chi connectivity index (χ0) is 18.1. The van der Waals surface area contributed by atoms with Gasteiger partial charge in [-0.3, -0.25) is 9.59 Å². The van der Waals surface area contributed by atoms with Crippen molar-refractivity contribution in [1.29, 1.82) is 0 Å². The smallest absolute Gasteiger partial charge is 0.326 e. The van der Waals surface area contributed by atoms with Gasteiger partial charge in [-0.05, 0) is 38.0 Å². The van der Waals surface area contributed by atoms with Crippen LogP contribution in [0.5, 0.6) is 5.75 Å². The number of carbonyl (C=O) groups is 3. The number of hydrogen-bond acceptors (Lipinski definition) is 4. The Morgan fingerprint density at radius 3 is 2.62 bits per heavy atom. The predicted octanol–water partition coefficient (Wildman–Crippen LogP) is 2.66. The Kier molecular flexibility index (Phi) is 4.96. The SMILES string of the molecule is CCC(C)C(NC(=O)c1ccc2c(c1)C(=O)CC(C)(C)O2)C(=O)O. The molecule has 0 radical (unpaired) electrons. The number of amides is 1. The van der Waals surface area contributed by atoms with Crippen molar-refractivity contribution in [3.63, 3.8) is 0 Å². The van der Waals surface area contributed by atoms with Gasteiger partial charge in [0.1, 0.15) is 17.4 Å². The van der Waals surface area contributed by atoms with Crippen LogP contribution >= 0.6 is 0 Å². The van der Waals surface area contributed by atoms with E-state index in [1.54, 1.807) is 19.1 Å². The van der Waals surface area contributed by atoms with Gasteiger partial charge >= 0.3 is 5.97 Å². The third-order valence-corrected chi connectivity index (χ3v) is 4.28. The molecule has 0 bridgehead atoms. The second-order valence-electron chi connectivity index (χ2n) is 6.85. The van der Waals surface area contributed by atoms with Crippen molar-refractivity contribution >= 4 is 17.7 Å². The highest BCUT2D eigenvalue weighted by Crippen LogP contribution is 2.33. The highest BCUT2D eigenvalue weighted by atomic mass is 16.5. The molecule has 1 aromatic carbocycles. The molecule has 0 fully saturated rings. The highest BCUT2D eigenvalue weighted by Gasteiger charge is 2.33. The quantitative estimate of drug-likeness (QED) is 0.864. The lowest BCUT2D eigenvalue weighted by Gasteiger charge is -2.31. The van der Waals surface area contributed by atoms with E-state index in [0.29, 0.717) is 17.7 Å². The van der Waals surface area contributed by atoms with Crippen molar-refractivity contribution in [2.45, 2.75) is 52.2 Å². The fraction of sp³-hybridized carbons (Fsp3) is 0.500. The highest BCUT2D eigenvalue weighted by molar-refractivity contribution is 6.04. The Hall–Kier alpha value is -2.37. The number of hydrogen-bond donors (Lipinski definition) is 2. The number of ether oxygens (including phenoxy) is 1. The Labute approximate surface area is 141 Å². The van der Waals surface area contributed by atoms with Crippen LogP contribution in [0.4, 0.5) is 0 Å². The van der Waals surface area contributed by atoms with Gasteiger partial charge in [0.25, 0.3) is 5.91 Å². The zero-order valence-corrected chi connectivity index (χ0v) is 14.4. The zero-order valence-electron chi connectivity index (χ0n) is 14.4. The minimum absolute atomic E-state index is 0.0902. The molecule has 2 N–H and O–H groups in total. The van der Waals surface area contributed by atoms with Crippen molar-refractivity contribution < 1.29 is 24.2 Å². The molecular weight excluding hydrogens is 310 g/mol. The molecule has 130 valence electrons. The summed E-state index contributed by atoms with van der Waals surface area (Å²) in [4.78, 5) is 36.0. The molecule has 0 saturated carbocycles. The molecule has 0 aliphatic carbocycles. The van der Waals surface area contributed by atoms with E-state index in [1.807, 2.05) is 20.8 Å². The average Bonchev–Trinajstić information content (AvgIpc) is 2.50. The van der Waals surface area contributed by atoms with E-state index in [9.17, 15) is 19.5 Å². The van der Waals surface area contributed by atoms with Gasteiger partial charge < -0.3 is 15.2 Å². The van der Waals surface area contributed by atoms with E-state index >= 15 is 0 Å². The summed E-state index contributed by atoms with van der Waals surface area (Å²) in [7, 11) is 0. The van der Waals surface area contributed by atoms with Crippen LogP contribution in [-0.4, -0.2) is 34.4 Å². The Balaban J connectivity index is 2.24. The van der Waals surface area contributed by atoms with E-state index in [-0.39, 0.29) is 23.7 Å². The number of ketones is 1. The molecular formula is C18H23NO5. The van der Waals surface area contributed by atoms with Gasteiger partial charge in [-0.25, -0.2) is 4.79 Å². The Bertz CT molecular complexity index is 680. The summed E-state index contributed by atoms with van der Waals surface area (Å²) in [6.45, 7) is 7.30. The number of carbonyl (C=O) groups excluding carboxylic acids is 2. The van der Waals surface area contributed by atoms with Crippen LogP contribution in [0.25, 0.3) is 0 Å². The summed E-state index contributed by atoms with van der Waals surface area (Å²) in [6, 6.07) is 3.63. The molecule has 1 aromatic rings. The number of benzene rings is 1. The summed E-state index contributed by atoms with van der Waals surface area (Å²) in [5.41, 5.74) is 0.0380. The maximum Gasteiger partial charge on any atom is 0.326 e. The molecule has 0 aromatic heterocycles. The van der Waals surface area contributed by atoms with Crippen LogP contribution in [0.1, 0.15) is 61.3 Å². The standard InChI is InChI=1S/C18H23NO5/c1-5-10(2)15(17(22)23)19-16(21)11-6-7-14-12(8-11)13(20)9-18(3,4)24-14/h6-8,10,15H,5,9H2,1-4H3,(H,19,21)(H,22,23). The van der Waals surface area contributed by atoms with E-state index in [1.165, 1.54) is 6.07 Å². The maximum absolute atomic E-state index is 12.4. The first-order chi connectivity index (χ1) is 11.1. The van der Waals surface area contributed by atoms with Crippen LogP contribution in [0.15, 0.2) is 18.2 Å². The molecule has 24 heavy (non-hydrogen) atoms. The molecule has 2 unspecified atom stereocenters. The van der Waals surface area contributed by atoms with Gasteiger partial charge in [-0.2, -0.15) is 0 Å². The van der Waals surface area contributed by atoms with E-state index < -0.39 is 23.5 Å². The van der Waals surface area contributed by atoms with Gasteiger partial charge in [-0.15, -0.1) is 0 Å². The fourth-order valence-corrected chi connectivity index (χ4v) is 2.70. The summed E-state index contributed by atoms with van der Waals surface area (Å²) in [5, 5.41) is 11.8. The first kappa shape index (κ1) is 18.0. The maximum atomic E-state index is 12.4. The van der Waals surface area contributed by atoms with E-state index in [0.717, 1.165) is 0 Å². The number of nitrogens with one attached hydrogen (secondary N) is 1. The Morgan fingerprint density at radius 1 is 1.38 bits per heavy atom. The molecule has 2 atom stereocenters. The van der Waals surface area contributed by atoms with Crippen LogP contribution in [0.2, 0.25) is 0 Å². The van der Waals surface area contributed by atoms with Crippen molar-refractivity contribution in [3.8, 4) is 5.75 Å². The molecule has 2 rings (SSSR count). The van der Waals surface area contributed by atoms with Crippen molar-refractivity contribution in [3.05, 3.63) is 29.3 Å². The Morgan fingerprint density at radius 2 is 2.04 bits per heavy atom. The molecule has 0 saturated heterocycles. The minimum atomic E-state index is -1.07. The summed E-state index contributed by atoms with van der Waals surface area (Å²) < 4.78 is 5.75. The van der Waals surface area contributed by atoms with Crippen LogP contribution in [0.3, 0.4) is 0 Å². The summed E-state index contributed by atoms with van der Waals surface area (Å²) in [6.07, 6.45) is 0.860. The molecule has 1 aliphatic rings. The van der Waals surface area contributed by atoms with E-state index in [4.69, 9.17) is 4.74 Å². The summed E-state index contributed by atoms with van der Waals surface area (Å²) >= 11 is 0. The number of aliphatic carboxylic acids is 1. The minimum Gasteiger partial charge on any atom is -0.487 e. The molecule has 6 nitrogen and oxygen atoms in total. The van der Waals surface area contributed by atoms with Crippen LogP contribution < -0.4 is 10.1 Å². The van der Waals surface area contributed by atoms with Crippen molar-refractivity contribution in [2.75, 3.05) is 0 Å². The number of carboxylic acids is 1. The topological polar surface area (TPSA) is 92.7 Å². The predicted molar refractivity (Wildman–Crippen MR) is 88.4 cm³/mol. The monoisotopic (exact) mass is 333 g/mol. The van der Waals surface area contributed by atoms with Gasteiger partial charge in [0.15, 0.2) is 5.78 Å². The average molecular weight is 333 g/mol. The fourth-order valence-electron chi connectivity index (χ4n) is 2.70. The van der Waals surface area contributed by atoms with Gasteiger partial charge in [0.05, 0.1) is 12.0 Å². The summed E-state index contributed by atoms with van der Waals surface area (Å²) in [5.74, 6) is -1.42. The largest absolute Gasteiger partial charge is 0.487 e. The normalized spacial score (nSPS) is 18.1. The second-order valence-corrected chi connectivity index (χ2v) is 6.85. The van der Waals surface area contributed by atoms with E-state index in [2.05, 4.69) is 5.32 Å². The second kappa shape index (κ2) is 6.63. The number of Topliss-reactive ketones (excluding diaryl/α,β-unsaturated/α-hetero) is 1. The molecule has 1 heterocycles. The number of carboxylic acid groups (broad SMARTS) is 1. The first-order valence-corrected chi connectivity index (χ1v) is 8.04. The third-order valence-electron chi connectivity index (χ3n) is 4.28. The van der Waals surface area contributed by atoms with Gasteiger partial charge in [-0.1, -0.05) is 20.3 Å². The lowest BCUT2D eigenvalue weighted by Crippen LogP contribution is -2.45. The number of rotatable bonds is 5. The first-order valence-electron chi connectivity index (χ1n) is 8.04. The molecule has 6 heteroatoms. The lowest BCUT2D eigenvalue weighted by atomic mass is 9.92. The lowest BCUT2D eigenvalue weighted by molar-refractivity contribution is -0.140. The molecule has 1 aliphatic heterocycles. The van der Waals surface area contributed by atoms with Crippen LogP contribution in [-0.2, 0) is 4.79 Å². The van der Waals surface area contributed by atoms with Gasteiger partial charge in [0, 0.05) is 5.56 Å². The number of fused-ring (bicyclic) bond motifs is 1. The molecule has 1 amide bonds. The van der Waals surface area contributed by atoms with Crippen molar-refractivity contribution in [2.24, 2.45) is 5.92 Å². The molecule has 0 spiro atoms. The van der Waals surface area contributed by atoms with Crippen molar-refractivity contribution in [1.82, 2.24) is 5.32 Å². The van der Waals surface area contributed by atoms with Gasteiger partial charge in [0.2, 0.25) is 0 Å².